The van der Waals surface area contributed by atoms with Crippen LogP contribution < -0.4 is 5.32 Å². The molecule has 1 unspecified atom stereocenters. The quantitative estimate of drug-likeness (QED) is 0.820. The van der Waals surface area contributed by atoms with Crippen molar-refractivity contribution < 1.29 is 9.90 Å². The lowest BCUT2D eigenvalue weighted by Crippen LogP contribution is -2.38. The Balaban J connectivity index is 2.57. The fourth-order valence-corrected chi connectivity index (χ4v) is 2.55. The standard InChI is InChI=1S/C13H21NO2S/c1-4-11-5-6-12(17-11)13(16)14-10(8-15)7-9(2)3/h5-6,9-10,15H,4,7-8H2,1-3H3,(H,14,16). The van der Waals surface area contributed by atoms with Gasteiger partial charge in [-0.05, 0) is 30.9 Å². The van der Waals surface area contributed by atoms with Gasteiger partial charge in [0.15, 0.2) is 0 Å². The molecule has 0 aromatic carbocycles. The minimum Gasteiger partial charge on any atom is -0.394 e. The van der Waals surface area contributed by atoms with E-state index in [1.165, 1.54) is 16.2 Å². The lowest BCUT2D eigenvalue weighted by Gasteiger charge is -2.17. The van der Waals surface area contributed by atoms with Crippen LogP contribution in [0.4, 0.5) is 0 Å². The summed E-state index contributed by atoms with van der Waals surface area (Å²) in [5.74, 6) is 0.386. The predicted molar refractivity (Wildman–Crippen MR) is 71.5 cm³/mol. The van der Waals surface area contributed by atoms with Crippen LogP contribution in [0.1, 0.15) is 41.7 Å². The van der Waals surface area contributed by atoms with Gasteiger partial charge < -0.3 is 10.4 Å². The summed E-state index contributed by atoms with van der Waals surface area (Å²) in [4.78, 5) is 13.8. The Hall–Kier alpha value is -0.870. The van der Waals surface area contributed by atoms with Crippen molar-refractivity contribution in [1.29, 1.82) is 0 Å². The zero-order valence-electron chi connectivity index (χ0n) is 10.7. The van der Waals surface area contributed by atoms with E-state index in [9.17, 15) is 9.90 Å². The number of aliphatic hydroxyl groups excluding tert-OH is 1. The maximum absolute atomic E-state index is 11.9. The number of hydrogen-bond donors (Lipinski definition) is 2. The first-order chi connectivity index (χ1) is 8.06. The second-order valence-electron chi connectivity index (χ2n) is 4.60. The maximum atomic E-state index is 11.9. The zero-order valence-corrected chi connectivity index (χ0v) is 11.5. The molecule has 0 saturated carbocycles. The van der Waals surface area contributed by atoms with Crippen LogP contribution in [0.3, 0.4) is 0 Å². The summed E-state index contributed by atoms with van der Waals surface area (Å²) < 4.78 is 0. The number of rotatable bonds is 6. The molecule has 3 nitrogen and oxygen atoms in total. The molecule has 1 atom stereocenters. The number of hydrogen-bond acceptors (Lipinski definition) is 3. The van der Waals surface area contributed by atoms with Gasteiger partial charge >= 0.3 is 0 Å². The number of nitrogens with one attached hydrogen (secondary N) is 1. The van der Waals surface area contributed by atoms with E-state index < -0.39 is 0 Å². The van der Waals surface area contributed by atoms with Gasteiger partial charge in [0, 0.05) is 4.88 Å². The van der Waals surface area contributed by atoms with E-state index in [1.54, 1.807) is 0 Å². The Bertz CT molecular complexity index is 360. The minimum atomic E-state index is -0.144. The number of aryl methyl sites for hydroxylation is 1. The Kier molecular flexibility index (Phi) is 5.65. The molecule has 1 aromatic heterocycles. The smallest absolute Gasteiger partial charge is 0.261 e. The molecule has 4 heteroatoms. The van der Waals surface area contributed by atoms with Crippen LogP contribution in [-0.4, -0.2) is 23.7 Å². The van der Waals surface area contributed by atoms with Crippen molar-refractivity contribution >= 4 is 17.2 Å². The van der Waals surface area contributed by atoms with Gasteiger partial charge in [-0.3, -0.25) is 4.79 Å². The molecule has 96 valence electrons. The molecule has 0 aliphatic heterocycles. The zero-order chi connectivity index (χ0) is 12.8. The molecule has 0 aliphatic carbocycles. The second kappa shape index (κ2) is 6.77. The second-order valence-corrected chi connectivity index (χ2v) is 5.77. The van der Waals surface area contributed by atoms with Gasteiger partial charge in [0.2, 0.25) is 0 Å². The van der Waals surface area contributed by atoms with E-state index in [-0.39, 0.29) is 18.6 Å². The number of aliphatic hydroxyl groups is 1. The third-order valence-corrected chi connectivity index (χ3v) is 3.77. The summed E-state index contributed by atoms with van der Waals surface area (Å²) in [5, 5.41) is 12.1. The molecule has 1 aromatic rings. The van der Waals surface area contributed by atoms with Crippen LogP contribution in [0, 0.1) is 5.92 Å². The first-order valence-corrected chi connectivity index (χ1v) is 6.88. The summed E-state index contributed by atoms with van der Waals surface area (Å²) >= 11 is 1.52. The van der Waals surface area contributed by atoms with Crippen molar-refractivity contribution in [2.24, 2.45) is 5.92 Å². The average molecular weight is 255 g/mol. The molecule has 0 fully saturated rings. The van der Waals surface area contributed by atoms with E-state index in [1.807, 2.05) is 12.1 Å². The van der Waals surface area contributed by atoms with Crippen molar-refractivity contribution in [2.45, 2.75) is 39.7 Å². The third kappa shape index (κ3) is 4.48. The van der Waals surface area contributed by atoms with Gasteiger partial charge in [0.05, 0.1) is 17.5 Å². The van der Waals surface area contributed by atoms with Crippen LogP contribution >= 0.6 is 11.3 Å². The van der Waals surface area contributed by atoms with Crippen molar-refractivity contribution in [3.8, 4) is 0 Å². The molecule has 0 spiro atoms. The van der Waals surface area contributed by atoms with Crippen molar-refractivity contribution in [2.75, 3.05) is 6.61 Å². The number of thiophene rings is 1. The van der Waals surface area contributed by atoms with Crippen molar-refractivity contribution in [1.82, 2.24) is 5.32 Å². The monoisotopic (exact) mass is 255 g/mol. The molecule has 1 amide bonds. The number of amides is 1. The molecule has 0 saturated heterocycles. The summed E-state index contributed by atoms with van der Waals surface area (Å²) in [6.45, 7) is 6.23. The minimum absolute atomic E-state index is 0.00404. The van der Waals surface area contributed by atoms with Crippen LogP contribution in [0.2, 0.25) is 0 Å². The Morgan fingerprint density at radius 2 is 2.18 bits per heavy atom. The van der Waals surface area contributed by atoms with Gasteiger partial charge in [0.1, 0.15) is 0 Å². The Morgan fingerprint density at radius 3 is 2.65 bits per heavy atom. The molecule has 0 aliphatic rings. The fraction of sp³-hybridized carbons (Fsp3) is 0.615. The topological polar surface area (TPSA) is 49.3 Å². The van der Waals surface area contributed by atoms with Gasteiger partial charge in [-0.1, -0.05) is 20.8 Å². The third-order valence-electron chi connectivity index (χ3n) is 2.55. The molecular formula is C13H21NO2S. The molecule has 17 heavy (non-hydrogen) atoms. The lowest BCUT2D eigenvalue weighted by atomic mass is 10.0. The van der Waals surface area contributed by atoms with Gasteiger partial charge in [-0.15, -0.1) is 11.3 Å². The van der Waals surface area contributed by atoms with E-state index in [4.69, 9.17) is 0 Å². The molecule has 1 rings (SSSR count). The number of carbonyl (C=O) groups is 1. The SMILES string of the molecule is CCc1ccc(C(=O)NC(CO)CC(C)C)s1. The largest absolute Gasteiger partial charge is 0.394 e. The highest BCUT2D eigenvalue weighted by Crippen LogP contribution is 2.17. The van der Waals surface area contributed by atoms with E-state index in [0.717, 1.165) is 17.7 Å². The summed E-state index contributed by atoms with van der Waals surface area (Å²) in [6, 6.07) is 3.69. The number of carbonyl (C=O) groups excluding carboxylic acids is 1. The van der Waals surface area contributed by atoms with Gasteiger partial charge in [0.25, 0.3) is 5.91 Å². The highest BCUT2D eigenvalue weighted by atomic mass is 32.1. The lowest BCUT2D eigenvalue weighted by molar-refractivity contribution is 0.0912. The predicted octanol–water partition coefficient (Wildman–Crippen LogP) is 2.45. The van der Waals surface area contributed by atoms with Crippen LogP contribution in [0.15, 0.2) is 12.1 Å². The molecule has 1 heterocycles. The highest BCUT2D eigenvalue weighted by molar-refractivity contribution is 7.14. The van der Waals surface area contributed by atoms with E-state index in [0.29, 0.717) is 5.92 Å². The van der Waals surface area contributed by atoms with E-state index in [2.05, 4.69) is 26.1 Å². The van der Waals surface area contributed by atoms with Crippen LogP contribution in [0.5, 0.6) is 0 Å². The average Bonchev–Trinajstić information content (AvgIpc) is 2.75. The molecule has 0 radical (unpaired) electrons. The van der Waals surface area contributed by atoms with E-state index >= 15 is 0 Å². The molecule has 0 bridgehead atoms. The van der Waals surface area contributed by atoms with Crippen molar-refractivity contribution in [3.63, 3.8) is 0 Å². The Morgan fingerprint density at radius 1 is 1.47 bits per heavy atom. The fourth-order valence-electron chi connectivity index (χ4n) is 1.69. The van der Waals surface area contributed by atoms with Crippen molar-refractivity contribution in [3.05, 3.63) is 21.9 Å². The molecular weight excluding hydrogens is 234 g/mol. The maximum Gasteiger partial charge on any atom is 0.261 e. The van der Waals surface area contributed by atoms with Crippen LogP contribution in [0.25, 0.3) is 0 Å². The highest BCUT2D eigenvalue weighted by Gasteiger charge is 2.15. The van der Waals surface area contributed by atoms with Gasteiger partial charge in [-0.25, -0.2) is 0 Å². The Labute approximate surface area is 107 Å². The summed E-state index contributed by atoms with van der Waals surface area (Å²) in [6.07, 6.45) is 1.75. The first kappa shape index (κ1) is 14.2. The first-order valence-electron chi connectivity index (χ1n) is 6.07. The van der Waals surface area contributed by atoms with Gasteiger partial charge in [-0.2, -0.15) is 0 Å². The summed E-state index contributed by atoms with van der Waals surface area (Å²) in [5.41, 5.74) is 0. The summed E-state index contributed by atoms with van der Waals surface area (Å²) in [7, 11) is 0. The normalized spacial score (nSPS) is 12.8. The van der Waals surface area contributed by atoms with Crippen LogP contribution in [-0.2, 0) is 6.42 Å². The molecule has 2 N–H and O–H groups in total.